The monoisotopic (exact) mass is 354 g/mol. The maximum Gasteiger partial charge on any atom is 0.224 e. The molecule has 1 fully saturated rings. The first-order chi connectivity index (χ1) is 11.0. The normalized spacial score (nSPS) is 15.6. The summed E-state index contributed by atoms with van der Waals surface area (Å²) in [5.74, 6) is 0.336. The molecule has 0 unspecified atom stereocenters. The van der Waals surface area contributed by atoms with Crippen molar-refractivity contribution in [3.05, 3.63) is 41.4 Å². The number of hydrogen-bond acceptors (Lipinski definition) is 7. The molecule has 23 heavy (non-hydrogen) atoms. The molecule has 1 aliphatic rings. The largest absolute Gasteiger partial charge is 0.378 e. The molecule has 3 heterocycles. The van der Waals surface area contributed by atoms with Crippen LogP contribution in [0, 0.1) is 0 Å². The Kier molecular flexibility index (Phi) is 4.74. The van der Waals surface area contributed by atoms with Crippen LogP contribution >= 0.6 is 11.6 Å². The third kappa shape index (κ3) is 3.95. The summed E-state index contributed by atoms with van der Waals surface area (Å²) in [5.41, 5.74) is 0.345. The van der Waals surface area contributed by atoms with E-state index in [1.807, 2.05) is 4.90 Å². The van der Waals surface area contributed by atoms with Gasteiger partial charge in [-0.25, -0.2) is 23.4 Å². The Morgan fingerprint density at radius 1 is 1.22 bits per heavy atom. The van der Waals surface area contributed by atoms with Crippen LogP contribution in [0.1, 0.15) is 5.69 Å². The second-order valence-electron chi connectivity index (χ2n) is 5.01. The van der Waals surface area contributed by atoms with E-state index in [0.29, 0.717) is 37.8 Å². The van der Waals surface area contributed by atoms with Gasteiger partial charge in [-0.15, -0.1) is 0 Å². The highest BCUT2D eigenvalue weighted by molar-refractivity contribution is 7.90. The summed E-state index contributed by atoms with van der Waals surface area (Å²) in [6.07, 6.45) is 1.44. The van der Waals surface area contributed by atoms with Crippen LogP contribution in [0.5, 0.6) is 0 Å². The summed E-state index contributed by atoms with van der Waals surface area (Å²) in [6.45, 7) is 2.56. The van der Waals surface area contributed by atoms with Crippen LogP contribution in [-0.4, -0.2) is 49.7 Å². The third-order valence-electron chi connectivity index (χ3n) is 3.37. The summed E-state index contributed by atoms with van der Waals surface area (Å²) in [6, 6.07) is 6.40. The van der Waals surface area contributed by atoms with Crippen LogP contribution < -0.4 is 4.90 Å². The lowest BCUT2D eigenvalue weighted by Crippen LogP contribution is -2.36. The molecule has 0 N–H and O–H groups in total. The Bertz CT molecular complexity index is 780. The van der Waals surface area contributed by atoms with Crippen molar-refractivity contribution in [3.63, 3.8) is 0 Å². The van der Waals surface area contributed by atoms with Crippen LogP contribution in [0.15, 0.2) is 35.5 Å². The number of pyridine rings is 1. The number of halogens is 1. The predicted octanol–water partition coefficient (Wildman–Crippen LogP) is 1.34. The summed E-state index contributed by atoms with van der Waals surface area (Å²) >= 11 is 5.95. The van der Waals surface area contributed by atoms with Crippen molar-refractivity contribution in [2.75, 3.05) is 31.2 Å². The molecule has 1 aliphatic heterocycles. The smallest absolute Gasteiger partial charge is 0.224 e. The first-order valence-electron chi connectivity index (χ1n) is 7.04. The van der Waals surface area contributed by atoms with E-state index in [1.54, 1.807) is 18.2 Å². The Morgan fingerprint density at radius 3 is 2.70 bits per heavy atom. The van der Waals surface area contributed by atoms with Gasteiger partial charge in [-0.2, -0.15) is 0 Å². The van der Waals surface area contributed by atoms with Crippen LogP contribution in [0.4, 0.5) is 5.82 Å². The van der Waals surface area contributed by atoms with Crippen molar-refractivity contribution in [1.82, 2.24) is 15.0 Å². The van der Waals surface area contributed by atoms with Gasteiger partial charge in [0.2, 0.25) is 15.1 Å². The standard InChI is InChI=1S/C14H15ClN4O3S/c15-14-17-11(9-12(18-14)19-5-7-22-8-6-19)10-23(20,21)13-3-1-2-4-16-13/h1-4,9H,5-8,10H2. The number of rotatable bonds is 4. The summed E-state index contributed by atoms with van der Waals surface area (Å²) in [7, 11) is -3.58. The average Bonchev–Trinajstić information content (AvgIpc) is 2.55. The van der Waals surface area contributed by atoms with Gasteiger partial charge in [0, 0.05) is 25.4 Å². The van der Waals surface area contributed by atoms with Crippen LogP contribution in [0.25, 0.3) is 0 Å². The fraction of sp³-hybridized carbons (Fsp3) is 0.357. The number of aromatic nitrogens is 3. The van der Waals surface area contributed by atoms with Gasteiger partial charge in [-0.1, -0.05) is 6.07 Å². The minimum atomic E-state index is -3.58. The molecule has 0 aromatic carbocycles. The minimum absolute atomic E-state index is 0.0163. The van der Waals surface area contributed by atoms with Crippen LogP contribution in [0.3, 0.4) is 0 Å². The quantitative estimate of drug-likeness (QED) is 0.766. The van der Waals surface area contributed by atoms with E-state index in [2.05, 4.69) is 15.0 Å². The fourth-order valence-corrected chi connectivity index (χ4v) is 3.67. The molecular formula is C14H15ClN4O3S. The van der Waals surface area contributed by atoms with E-state index < -0.39 is 9.84 Å². The van der Waals surface area contributed by atoms with Gasteiger partial charge >= 0.3 is 0 Å². The minimum Gasteiger partial charge on any atom is -0.378 e. The van der Waals surface area contributed by atoms with Crippen molar-refractivity contribution < 1.29 is 13.2 Å². The maximum atomic E-state index is 12.4. The van der Waals surface area contributed by atoms with Gasteiger partial charge in [0.1, 0.15) is 5.82 Å². The van der Waals surface area contributed by atoms with Gasteiger partial charge < -0.3 is 9.64 Å². The highest BCUT2D eigenvalue weighted by Crippen LogP contribution is 2.20. The predicted molar refractivity (Wildman–Crippen MR) is 85.2 cm³/mol. The lowest BCUT2D eigenvalue weighted by atomic mass is 10.3. The molecule has 0 radical (unpaired) electrons. The molecule has 0 bridgehead atoms. The zero-order chi connectivity index (χ0) is 16.3. The van der Waals surface area contributed by atoms with E-state index >= 15 is 0 Å². The van der Waals surface area contributed by atoms with Crippen molar-refractivity contribution in [3.8, 4) is 0 Å². The maximum absolute atomic E-state index is 12.4. The number of morpholine rings is 1. The van der Waals surface area contributed by atoms with Gasteiger partial charge in [-0.3, -0.25) is 0 Å². The molecule has 7 nitrogen and oxygen atoms in total. The van der Waals surface area contributed by atoms with Crippen molar-refractivity contribution >= 4 is 27.3 Å². The molecule has 0 aliphatic carbocycles. The Hall–Kier alpha value is -1.77. The van der Waals surface area contributed by atoms with E-state index in [0.717, 1.165) is 0 Å². The van der Waals surface area contributed by atoms with Crippen LogP contribution in [-0.2, 0) is 20.3 Å². The fourth-order valence-electron chi connectivity index (χ4n) is 2.28. The van der Waals surface area contributed by atoms with Gasteiger partial charge in [0.25, 0.3) is 0 Å². The summed E-state index contributed by atoms with van der Waals surface area (Å²) in [5, 5.41) is 0.0443. The molecular weight excluding hydrogens is 340 g/mol. The molecule has 2 aromatic heterocycles. The Morgan fingerprint density at radius 2 is 2.00 bits per heavy atom. The molecule has 0 spiro atoms. The topological polar surface area (TPSA) is 85.3 Å². The molecule has 1 saturated heterocycles. The Labute approximate surface area is 139 Å². The van der Waals surface area contributed by atoms with Crippen LogP contribution in [0.2, 0.25) is 5.28 Å². The SMILES string of the molecule is O=S(=O)(Cc1cc(N2CCOCC2)nc(Cl)n1)c1ccccn1. The molecule has 122 valence electrons. The molecule has 0 atom stereocenters. The van der Waals surface area contributed by atoms with Crippen molar-refractivity contribution in [2.24, 2.45) is 0 Å². The lowest BCUT2D eigenvalue weighted by molar-refractivity contribution is 0.122. The van der Waals surface area contributed by atoms with Crippen molar-refractivity contribution in [2.45, 2.75) is 10.8 Å². The number of sulfone groups is 1. The average molecular weight is 355 g/mol. The zero-order valence-electron chi connectivity index (χ0n) is 12.2. The first kappa shape index (κ1) is 16.1. The lowest BCUT2D eigenvalue weighted by Gasteiger charge is -2.27. The molecule has 9 heteroatoms. The number of ether oxygens (including phenoxy) is 1. The highest BCUT2D eigenvalue weighted by Gasteiger charge is 2.20. The van der Waals surface area contributed by atoms with Crippen molar-refractivity contribution in [1.29, 1.82) is 0 Å². The Balaban J connectivity index is 1.87. The van der Waals surface area contributed by atoms with Gasteiger partial charge in [0.15, 0.2) is 5.03 Å². The van der Waals surface area contributed by atoms with E-state index in [1.165, 1.54) is 12.3 Å². The van der Waals surface area contributed by atoms with E-state index in [-0.39, 0.29) is 16.1 Å². The molecule has 0 amide bonds. The molecule has 0 saturated carbocycles. The highest BCUT2D eigenvalue weighted by atomic mass is 35.5. The molecule has 3 rings (SSSR count). The molecule has 2 aromatic rings. The second kappa shape index (κ2) is 6.77. The van der Waals surface area contributed by atoms with E-state index in [4.69, 9.17) is 16.3 Å². The number of nitrogens with zero attached hydrogens (tertiary/aromatic N) is 4. The van der Waals surface area contributed by atoms with E-state index in [9.17, 15) is 8.42 Å². The first-order valence-corrected chi connectivity index (χ1v) is 9.07. The zero-order valence-corrected chi connectivity index (χ0v) is 13.8. The van der Waals surface area contributed by atoms with Gasteiger partial charge in [0.05, 0.1) is 24.7 Å². The third-order valence-corrected chi connectivity index (χ3v) is 5.09. The summed E-state index contributed by atoms with van der Waals surface area (Å²) < 4.78 is 30.1. The van der Waals surface area contributed by atoms with Gasteiger partial charge in [-0.05, 0) is 23.7 Å². The number of hydrogen-bond donors (Lipinski definition) is 0. The number of anilines is 1. The second-order valence-corrected chi connectivity index (χ2v) is 7.29. The summed E-state index contributed by atoms with van der Waals surface area (Å²) in [4.78, 5) is 14.1.